The summed E-state index contributed by atoms with van der Waals surface area (Å²) >= 11 is 0. The summed E-state index contributed by atoms with van der Waals surface area (Å²) in [6.45, 7) is 2.05. The van der Waals surface area contributed by atoms with Crippen molar-refractivity contribution in [3.05, 3.63) is 11.4 Å². The van der Waals surface area contributed by atoms with E-state index >= 15 is 0 Å². The maximum atomic E-state index is 12.0. The van der Waals surface area contributed by atoms with Gasteiger partial charge in [-0.3, -0.25) is 9.48 Å². The van der Waals surface area contributed by atoms with Crippen molar-refractivity contribution in [3.63, 3.8) is 0 Å². The molecule has 0 spiro atoms. The first-order valence-electron chi connectivity index (χ1n) is 5.71. The number of carbonyl (C=O) groups excluding carboxylic acids is 1. The van der Waals surface area contributed by atoms with Crippen LogP contribution in [0.2, 0.25) is 0 Å². The number of aliphatic hydroxyl groups is 1. The number of anilines is 1. The van der Waals surface area contributed by atoms with Gasteiger partial charge in [0, 0.05) is 20.8 Å². The van der Waals surface area contributed by atoms with E-state index in [9.17, 15) is 4.79 Å². The van der Waals surface area contributed by atoms with Crippen LogP contribution < -0.4 is 11.1 Å². The fourth-order valence-electron chi connectivity index (χ4n) is 1.67. The van der Waals surface area contributed by atoms with Crippen molar-refractivity contribution in [1.29, 1.82) is 0 Å². The number of nitrogens with one attached hydrogen (secondary N) is 1. The first-order valence-corrected chi connectivity index (χ1v) is 5.71. The van der Waals surface area contributed by atoms with E-state index in [0.29, 0.717) is 30.1 Å². The van der Waals surface area contributed by atoms with Crippen LogP contribution in [0.15, 0.2) is 0 Å². The highest BCUT2D eigenvalue weighted by Crippen LogP contribution is 2.15. The van der Waals surface area contributed by atoms with E-state index in [4.69, 9.17) is 15.6 Å². The number of amides is 1. The Bertz CT molecular complexity index is 417. The molecule has 1 aromatic rings. The fraction of sp³-hybridized carbons (Fsp3) is 0.636. The van der Waals surface area contributed by atoms with Crippen molar-refractivity contribution in [3.8, 4) is 0 Å². The molecule has 0 aliphatic carbocycles. The molecule has 0 fully saturated rings. The quantitative estimate of drug-likeness (QED) is 0.633. The van der Waals surface area contributed by atoms with Gasteiger partial charge in [-0.25, -0.2) is 0 Å². The van der Waals surface area contributed by atoms with Crippen LogP contribution in [0.4, 0.5) is 5.69 Å². The Morgan fingerprint density at radius 2 is 2.33 bits per heavy atom. The average Bonchev–Trinajstić information content (AvgIpc) is 2.58. The van der Waals surface area contributed by atoms with Gasteiger partial charge < -0.3 is 20.9 Å². The average molecular weight is 256 g/mol. The summed E-state index contributed by atoms with van der Waals surface area (Å²) < 4.78 is 6.34. The zero-order valence-corrected chi connectivity index (χ0v) is 10.9. The van der Waals surface area contributed by atoms with Gasteiger partial charge in [0.2, 0.25) is 0 Å². The largest absolute Gasteiger partial charge is 0.395 e. The minimum absolute atomic E-state index is 0.147. The molecule has 0 aliphatic rings. The first-order chi connectivity index (χ1) is 8.51. The van der Waals surface area contributed by atoms with Crippen molar-refractivity contribution in [2.45, 2.75) is 19.4 Å². The van der Waals surface area contributed by atoms with E-state index in [1.54, 1.807) is 21.1 Å². The molecular formula is C11H20N4O3. The van der Waals surface area contributed by atoms with E-state index in [2.05, 4.69) is 10.4 Å². The molecule has 7 heteroatoms. The summed E-state index contributed by atoms with van der Waals surface area (Å²) in [5, 5.41) is 15.9. The van der Waals surface area contributed by atoms with E-state index in [1.807, 2.05) is 0 Å². The van der Waals surface area contributed by atoms with Gasteiger partial charge in [0.15, 0.2) is 0 Å². The number of carbonyl (C=O) groups is 1. The van der Waals surface area contributed by atoms with Crippen molar-refractivity contribution in [1.82, 2.24) is 15.1 Å². The fourth-order valence-corrected chi connectivity index (χ4v) is 1.67. The van der Waals surface area contributed by atoms with Crippen molar-refractivity contribution in [2.24, 2.45) is 7.05 Å². The summed E-state index contributed by atoms with van der Waals surface area (Å²) in [7, 11) is 3.22. The summed E-state index contributed by atoms with van der Waals surface area (Å²) in [6, 6.07) is -0.355. The number of hydrogen-bond donors (Lipinski definition) is 3. The maximum absolute atomic E-state index is 12.0. The lowest BCUT2D eigenvalue weighted by Crippen LogP contribution is -2.39. The number of nitrogen functional groups attached to an aromatic ring is 1. The van der Waals surface area contributed by atoms with Crippen molar-refractivity contribution < 1.29 is 14.6 Å². The topological polar surface area (TPSA) is 102 Å². The normalized spacial score (nSPS) is 12.4. The predicted molar refractivity (Wildman–Crippen MR) is 67.2 cm³/mol. The smallest absolute Gasteiger partial charge is 0.271 e. The maximum Gasteiger partial charge on any atom is 0.271 e. The van der Waals surface area contributed by atoms with Crippen LogP contribution in [0.1, 0.15) is 22.6 Å². The van der Waals surface area contributed by atoms with E-state index < -0.39 is 0 Å². The molecule has 0 aliphatic heterocycles. The molecule has 102 valence electrons. The van der Waals surface area contributed by atoms with Gasteiger partial charge in [0.25, 0.3) is 5.91 Å². The minimum atomic E-state index is -0.355. The highest BCUT2D eigenvalue weighted by molar-refractivity contribution is 5.98. The van der Waals surface area contributed by atoms with Gasteiger partial charge in [-0.05, 0) is 13.3 Å². The van der Waals surface area contributed by atoms with Gasteiger partial charge >= 0.3 is 0 Å². The molecule has 1 amide bonds. The van der Waals surface area contributed by atoms with E-state index in [-0.39, 0.29) is 18.6 Å². The lowest BCUT2D eigenvalue weighted by Gasteiger charge is -2.16. The Morgan fingerprint density at radius 3 is 2.78 bits per heavy atom. The Hall–Kier alpha value is -1.60. The third-order valence-corrected chi connectivity index (χ3v) is 2.71. The van der Waals surface area contributed by atoms with E-state index in [1.165, 1.54) is 4.68 Å². The summed E-state index contributed by atoms with van der Waals surface area (Å²) in [5.74, 6) is -0.342. The number of ether oxygens (including phenoxy) is 1. The highest BCUT2D eigenvalue weighted by Gasteiger charge is 2.20. The van der Waals surface area contributed by atoms with Crippen molar-refractivity contribution >= 4 is 11.6 Å². The second kappa shape index (κ2) is 6.36. The standard InChI is InChI=1S/C11H20N4O3/c1-7-9(12)10(15(2)14-7)11(17)13-8(6-16)4-5-18-3/h8,16H,4-6,12H2,1-3H3,(H,13,17). The van der Waals surface area contributed by atoms with Crippen LogP contribution in [0.25, 0.3) is 0 Å². The summed E-state index contributed by atoms with van der Waals surface area (Å²) in [6.07, 6.45) is 0.537. The van der Waals surface area contributed by atoms with Crippen molar-refractivity contribution in [2.75, 3.05) is 26.1 Å². The third kappa shape index (κ3) is 3.21. The zero-order valence-electron chi connectivity index (χ0n) is 10.9. The van der Waals surface area contributed by atoms with Crippen LogP contribution >= 0.6 is 0 Å². The molecule has 1 atom stereocenters. The molecule has 1 heterocycles. The monoisotopic (exact) mass is 256 g/mol. The molecule has 18 heavy (non-hydrogen) atoms. The van der Waals surface area contributed by atoms with E-state index in [0.717, 1.165) is 0 Å². The van der Waals surface area contributed by atoms with Gasteiger partial charge in [0.1, 0.15) is 5.69 Å². The molecule has 0 bridgehead atoms. The second-order valence-electron chi connectivity index (χ2n) is 4.11. The molecule has 0 aromatic carbocycles. The van der Waals surface area contributed by atoms with Gasteiger partial charge in [0.05, 0.1) is 24.0 Å². The molecule has 1 unspecified atom stereocenters. The number of nitrogens with two attached hydrogens (primary N) is 1. The number of aryl methyl sites for hydroxylation is 2. The molecule has 1 aromatic heterocycles. The lowest BCUT2D eigenvalue weighted by atomic mass is 10.2. The van der Waals surface area contributed by atoms with Gasteiger partial charge in [-0.15, -0.1) is 0 Å². The van der Waals surface area contributed by atoms with Crippen LogP contribution in [-0.2, 0) is 11.8 Å². The molecule has 7 nitrogen and oxygen atoms in total. The molecule has 0 radical (unpaired) electrons. The van der Waals surface area contributed by atoms with Crippen LogP contribution in [0, 0.1) is 6.92 Å². The molecular weight excluding hydrogens is 236 g/mol. The Kier molecular flexibility index (Phi) is 5.11. The second-order valence-corrected chi connectivity index (χ2v) is 4.11. The van der Waals surface area contributed by atoms with Crippen LogP contribution in [0.5, 0.6) is 0 Å². The minimum Gasteiger partial charge on any atom is -0.395 e. The van der Waals surface area contributed by atoms with Crippen LogP contribution in [0.3, 0.4) is 0 Å². The van der Waals surface area contributed by atoms with Gasteiger partial charge in [-0.2, -0.15) is 5.10 Å². The number of hydrogen-bond acceptors (Lipinski definition) is 5. The lowest BCUT2D eigenvalue weighted by molar-refractivity contribution is 0.0886. The summed E-state index contributed by atoms with van der Waals surface area (Å²) in [5.41, 5.74) is 7.07. The molecule has 1 rings (SSSR count). The number of aliphatic hydroxyl groups excluding tert-OH is 1. The third-order valence-electron chi connectivity index (χ3n) is 2.71. The Labute approximate surface area is 106 Å². The zero-order chi connectivity index (χ0) is 13.7. The molecule has 0 saturated carbocycles. The number of rotatable bonds is 6. The Balaban J connectivity index is 2.74. The number of nitrogens with zero attached hydrogens (tertiary/aromatic N) is 2. The molecule has 4 N–H and O–H groups in total. The van der Waals surface area contributed by atoms with Crippen LogP contribution in [-0.4, -0.2) is 47.2 Å². The Morgan fingerprint density at radius 1 is 1.67 bits per heavy atom. The SMILES string of the molecule is COCCC(CO)NC(=O)c1c(N)c(C)nn1C. The molecule has 0 saturated heterocycles. The summed E-state index contributed by atoms with van der Waals surface area (Å²) in [4.78, 5) is 12.0. The van der Waals surface area contributed by atoms with Gasteiger partial charge in [-0.1, -0.05) is 0 Å². The first kappa shape index (κ1) is 14.5. The number of methoxy groups -OCH3 is 1. The predicted octanol–water partition coefficient (Wildman–Crippen LogP) is -0.562. The highest BCUT2D eigenvalue weighted by atomic mass is 16.5. The number of aromatic nitrogens is 2.